The molecule has 2 aliphatic carbocycles. The van der Waals surface area contributed by atoms with Gasteiger partial charge in [-0.2, -0.15) is 0 Å². The van der Waals surface area contributed by atoms with Gasteiger partial charge < -0.3 is 11.1 Å². The molecule has 18 heavy (non-hydrogen) atoms. The van der Waals surface area contributed by atoms with Crippen molar-refractivity contribution in [1.82, 2.24) is 4.98 Å². The summed E-state index contributed by atoms with van der Waals surface area (Å²) in [6.45, 7) is 2.22. The minimum absolute atomic E-state index is 0.447. The van der Waals surface area contributed by atoms with Crippen LogP contribution in [0.1, 0.15) is 43.0 Å². The Labute approximate surface area is 113 Å². The first-order chi connectivity index (χ1) is 8.65. The van der Waals surface area contributed by atoms with E-state index in [1.54, 1.807) is 0 Å². The number of anilines is 1. The highest BCUT2D eigenvalue weighted by atomic mass is 32.1. The second-order valence-electron chi connectivity index (χ2n) is 5.48. The molecule has 1 heterocycles. The lowest BCUT2D eigenvalue weighted by molar-refractivity contribution is 0.689. The van der Waals surface area contributed by atoms with Crippen LogP contribution < -0.4 is 11.1 Å². The van der Waals surface area contributed by atoms with Crippen molar-refractivity contribution in [3.63, 3.8) is 0 Å². The smallest absolute Gasteiger partial charge is 0.136 e. The van der Waals surface area contributed by atoms with E-state index >= 15 is 0 Å². The Bertz CT molecular complexity index is 494. The van der Waals surface area contributed by atoms with Crippen LogP contribution in [-0.2, 0) is 12.8 Å². The third-order valence-corrected chi connectivity index (χ3v) is 4.23. The van der Waals surface area contributed by atoms with E-state index in [9.17, 15) is 0 Å². The van der Waals surface area contributed by atoms with Gasteiger partial charge >= 0.3 is 0 Å². The van der Waals surface area contributed by atoms with Gasteiger partial charge in [-0.05, 0) is 56.6 Å². The van der Waals surface area contributed by atoms with Crippen molar-refractivity contribution in [2.45, 2.75) is 45.1 Å². The van der Waals surface area contributed by atoms with E-state index in [2.05, 4.69) is 18.3 Å². The quantitative estimate of drug-likeness (QED) is 0.817. The van der Waals surface area contributed by atoms with Gasteiger partial charge in [-0.15, -0.1) is 0 Å². The molecule has 3 nitrogen and oxygen atoms in total. The standard InChI is InChI=1S/C14H19N3S/c1-8(9-5-6-9)16-14-11(13(15)18)7-10-3-2-4-12(10)17-14/h7-9H,2-6H2,1H3,(H2,15,18)(H,16,17). The molecule has 0 saturated heterocycles. The summed E-state index contributed by atoms with van der Waals surface area (Å²) in [5.41, 5.74) is 9.29. The number of fused-ring (bicyclic) bond motifs is 1. The van der Waals surface area contributed by atoms with Crippen LogP contribution in [0.4, 0.5) is 5.82 Å². The Balaban J connectivity index is 1.92. The van der Waals surface area contributed by atoms with Gasteiger partial charge in [0.05, 0.1) is 5.56 Å². The lowest BCUT2D eigenvalue weighted by atomic mass is 10.1. The Morgan fingerprint density at radius 3 is 2.94 bits per heavy atom. The first-order valence-corrected chi connectivity index (χ1v) is 7.15. The predicted molar refractivity (Wildman–Crippen MR) is 78.0 cm³/mol. The molecule has 0 amide bonds. The number of hydrogen-bond donors (Lipinski definition) is 2. The van der Waals surface area contributed by atoms with Crippen molar-refractivity contribution in [3.05, 3.63) is 22.9 Å². The van der Waals surface area contributed by atoms with Crippen LogP contribution in [0.2, 0.25) is 0 Å². The summed E-state index contributed by atoms with van der Waals surface area (Å²) in [5.74, 6) is 1.68. The molecule has 3 N–H and O–H groups in total. The number of nitrogens with zero attached hydrogens (tertiary/aromatic N) is 1. The van der Waals surface area contributed by atoms with E-state index in [1.807, 2.05) is 0 Å². The number of aromatic nitrogens is 1. The van der Waals surface area contributed by atoms with Crippen LogP contribution in [-0.4, -0.2) is 16.0 Å². The second kappa shape index (κ2) is 4.50. The number of pyridine rings is 1. The lowest BCUT2D eigenvalue weighted by Gasteiger charge is -2.17. The number of nitrogens with two attached hydrogens (primary N) is 1. The van der Waals surface area contributed by atoms with E-state index in [1.165, 1.54) is 30.5 Å². The van der Waals surface area contributed by atoms with Gasteiger partial charge in [0.15, 0.2) is 0 Å². The van der Waals surface area contributed by atoms with Gasteiger partial charge in [-0.1, -0.05) is 12.2 Å². The molecule has 0 spiro atoms. The van der Waals surface area contributed by atoms with Crippen LogP contribution in [0.25, 0.3) is 0 Å². The fourth-order valence-corrected chi connectivity index (χ4v) is 2.86. The number of nitrogens with one attached hydrogen (secondary N) is 1. The van der Waals surface area contributed by atoms with Crippen LogP contribution >= 0.6 is 12.2 Å². The van der Waals surface area contributed by atoms with Crippen LogP contribution in [0.5, 0.6) is 0 Å². The monoisotopic (exact) mass is 261 g/mol. The summed E-state index contributed by atoms with van der Waals surface area (Å²) < 4.78 is 0. The van der Waals surface area contributed by atoms with E-state index in [-0.39, 0.29) is 0 Å². The summed E-state index contributed by atoms with van der Waals surface area (Å²) in [6.07, 6.45) is 6.03. The maximum atomic E-state index is 5.83. The highest BCUT2D eigenvalue weighted by Crippen LogP contribution is 2.34. The third-order valence-electron chi connectivity index (χ3n) is 4.01. The van der Waals surface area contributed by atoms with Gasteiger partial charge in [0.25, 0.3) is 0 Å². The lowest BCUT2D eigenvalue weighted by Crippen LogP contribution is -2.22. The maximum Gasteiger partial charge on any atom is 0.136 e. The summed E-state index contributed by atoms with van der Waals surface area (Å²) in [6, 6.07) is 2.60. The molecular formula is C14H19N3S. The molecule has 0 aliphatic heterocycles. The Morgan fingerprint density at radius 2 is 2.28 bits per heavy atom. The predicted octanol–water partition coefficient (Wildman–Crippen LogP) is 2.41. The van der Waals surface area contributed by atoms with Crippen LogP contribution in [0.3, 0.4) is 0 Å². The minimum atomic E-state index is 0.447. The molecular weight excluding hydrogens is 242 g/mol. The molecule has 96 valence electrons. The molecule has 1 aromatic rings. The highest BCUT2D eigenvalue weighted by molar-refractivity contribution is 7.80. The normalized spacial score (nSPS) is 19.4. The second-order valence-corrected chi connectivity index (χ2v) is 5.92. The summed E-state index contributed by atoms with van der Waals surface area (Å²) in [5, 5.41) is 3.50. The Kier molecular flexibility index (Phi) is 2.98. The van der Waals surface area contributed by atoms with Crippen molar-refractivity contribution in [2.75, 3.05) is 5.32 Å². The van der Waals surface area contributed by atoms with Gasteiger partial charge in [0.1, 0.15) is 10.8 Å². The van der Waals surface area contributed by atoms with Crippen molar-refractivity contribution in [1.29, 1.82) is 0 Å². The Hall–Kier alpha value is -1.16. The molecule has 0 bridgehead atoms. The number of hydrogen-bond acceptors (Lipinski definition) is 3. The average Bonchev–Trinajstić information content (AvgIpc) is 3.08. The van der Waals surface area contributed by atoms with Crippen molar-refractivity contribution in [3.8, 4) is 0 Å². The molecule has 1 saturated carbocycles. The van der Waals surface area contributed by atoms with Crippen molar-refractivity contribution in [2.24, 2.45) is 11.7 Å². The molecule has 0 aromatic carbocycles. The van der Waals surface area contributed by atoms with Crippen LogP contribution in [0.15, 0.2) is 6.07 Å². The molecule has 1 atom stereocenters. The fraction of sp³-hybridized carbons (Fsp3) is 0.571. The van der Waals surface area contributed by atoms with E-state index in [4.69, 9.17) is 22.9 Å². The van der Waals surface area contributed by atoms with Crippen molar-refractivity contribution >= 4 is 23.0 Å². The zero-order valence-corrected chi connectivity index (χ0v) is 11.5. The highest BCUT2D eigenvalue weighted by Gasteiger charge is 2.29. The minimum Gasteiger partial charge on any atom is -0.389 e. The van der Waals surface area contributed by atoms with Crippen molar-refractivity contribution < 1.29 is 0 Å². The largest absolute Gasteiger partial charge is 0.389 e. The molecule has 4 heteroatoms. The van der Waals surface area contributed by atoms with E-state index in [0.29, 0.717) is 11.0 Å². The maximum absolute atomic E-state index is 5.83. The van der Waals surface area contributed by atoms with Gasteiger partial charge in [0, 0.05) is 11.7 Å². The summed E-state index contributed by atoms with van der Waals surface area (Å²) >= 11 is 5.15. The van der Waals surface area contributed by atoms with Gasteiger partial charge in [-0.3, -0.25) is 0 Å². The average molecular weight is 261 g/mol. The molecule has 1 unspecified atom stereocenters. The number of rotatable bonds is 4. The number of aryl methyl sites for hydroxylation is 2. The SMILES string of the molecule is CC(Nc1nc2c(cc1C(N)=S)CCC2)C1CC1. The third kappa shape index (κ3) is 2.21. The fourth-order valence-electron chi connectivity index (χ4n) is 2.70. The van der Waals surface area contributed by atoms with E-state index < -0.39 is 0 Å². The molecule has 0 radical (unpaired) electrons. The molecule has 1 fully saturated rings. The number of thiocarbonyl (C=S) groups is 1. The first kappa shape index (κ1) is 11.9. The topological polar surface area (TPSA) is 50.9 Å². The molecule has 1 aromatic heterocycles. The summed E-state index contributed by atoms with van der Waals surface area (Å²) in [7, 11) is 0. The zero-order chi connectivity index (χ0) is 12.7. The Morgan fingerprint density at radius 1 is 1.50 bits per heavy atom. The first-order valence-electron chi connectivity index (χ1n) is 6.74. The van der Waals surface area contributed by atoms with Crippen LogP contribution in [0, 0.1) is 5.92 Å². The summed E-state index contributed by atoms with van der Waals surface area (Å²) in [4.78, 5) is 5.19. The molecule has 2 aliphatic rings. The van der Waals surface area contributed by atoms with Gasteiger partial charge in [-0.25, -0.2) is 4.98 Å². The molecule has 3 rings (SSSR count). The van der Waals surface area contributed by atoms with E-state index in [0.717, 1.165) is 30.1 Å². The zero-order valence-electron chi connectivity index (χ0n) is 10.7. The van der Waals surface area contributed by atoms with Gasteiger partial charge in [0.2, 0.25) is 0 Å².